The molecule has 0 bridgehead atoms. The van der Waals surface area contributed by atoms with Gasteiger partial charge in [-0.05, 0) is 0 Å². The summed E-state index contributed by atoms with van der Waals surface area (Å²) in [6, 6.07) is 1.56. The molecule has 0 aliphatic rings. The van der Waals surface area contributed by atoms with Gasteiger partial charge in [0.2, 0.25) is 0 Å². The maximum Gasteiger partial charge on any atom is 0.325 e. The molecule has 0 aromatic heterocycles. The summed E-state index contributed by atoms with van der Waals surface area (Å²) in [6.07, 6.45) is 0. The van der Waals surface area contributed by atoms with E-state index in [4.69, 9.17) is 5.26 Å². The zero-order valence-corrected chi connectivity index (χ0v) is 6.23. The Morgan fingerprint density at radius 2 is 2.09 bits per heavy atom. The number of methoxy groups -OCH3 is 2. The molecular formula is C5H8N2O4. The lowest BCUT2D eigenvalue weighted by atomic mass is 10.3. The molecule has 0 N–H and O–H groups in total. The number of hydrogen-bond acceptors (Lipinski definition) is 5. The average Bonchev–Trinajstić information content (AvgIpc) is 2.00. The van der Waals surface area contributed by atoms with Crippen LogP contribution in [0, 0.1) is 21.4 Å². The van der Waals surface area contributed by atoms with Gasteiger partial charge in [0.25, 0.3) is 6.54 Å². The maximum atomic E-state index is 9.99. The van der Waals surface area contributed by atoms with Gasteiger partial charge in [0.15, 0.2) is 0 Å². The molecule has 0 aliphatic carbocycles. The van der Waals surface area contributed by atoms with Crippen molar-refractivity contribution in [1.29, 1.82) is 5.26 Å². The topological polar surface area (TPSA) is 85.4 Å². The molecule has 0 aromatic carbocycles. The summed E-state index contributed by atoms with van der Waals surface area (Å²) in [6.45, 7) is -0.684. The fraction of sp³-hybridized carbons (Fsp3) is 0.800. The van der Waals surface area contributed by atoms with Crippen molar-refractivity contribution in [3.8, 4) is 6.07 Å². The highest BCUT2D eigenvalue weighted by Crippen LogP contribution is 2.08. The van der Waals surface area contributed by atoms with Gasteiger partial charge in [-0.2, -0.15) is 5.26 Å². The van der Waals surface area contributed by atoms with Crippen molar-refractivity contribution in [2.24, 2.45) is 0 Å². The van der Waals surface area contributed by atoms with E-state index < -0.39 is 17.3 Å². The summed E-state index contributed by atoms with van der Waals surface area (Å²) in [7, 11) is 2.35. The predicted molar refractivity (Wildman–Crippen MR) is 34.2 cm³/mol. The van der Waals surface area contributed by atoms with Crippen LogP contribution < -0.4 is 0 Å². The van der Waals surface area contributed by atoms with E-state index in [1.807, 2.05) is 0 Å². The molecule has 0 saturated carbocycles. The van der Waals surface area contributed by atoms with Crippen molar-refractivity contribution in [2.75, 3.05) is 20.8 Å². The number of nitriles is 1. The van der Waals surface area contributed by atoms with E-state index in [2.05, 4.69) is 9.47 Å². The van der Waals surface area contributed by atoms with Crippen LogP contribution in [0.2, 0.25) is 0 Å². The van der Waals surface area contributed by atoms with E-state index in [0.717, 1.165) is 0 Å². The van der Waals surface area contributed by atoms with Crippen molar-refractivity contribution >= 4 is 0 Å². The Balaban J connectivity index is 4.32. The van der Waals surface area contributed by atoms with Crippen LogP contribution in [-0.2, 0) is 9.47 Å². The van der Waals surface area contributed by atoms with Crippen LogP contribution in [-0.4, -0.2) is 31.5 Å². The standard InChI is InChI=1S/C5H8N2O4/c1-10-5(3-6,11-2)4-7(8)9/h4H2,1-2H3. The maximum absolute atomic E-state index is 9.99. The number of rotatable bonds is 4. The smallest absolute Gasteiger partial charge is 0.325 e. The predicted octanol–water partition coefficient (Wildman–Crippen LogP) is -0.224. The second kappa shape index (κ2) is 3.85. The summed E-state index contributed by atoms with van der Waals surface area (Å²) in [4.78, 5) is 9.32. The molecule has 0 amide bonds. The van der Waals surface area contributed by atoms with E-state index in [1.165, 1.54) is 14.2 Å². The number of ether oxygens (including phenoxy) is 2. The third-order valence-electron chi connectivity index (χ3n) is 1.17. The van der Waals surface area contributed by atoms with Gasteiger partial charge >= 0.3 is 5.79 Å². The minimum atomic E-state index is -1.75. The first-order valence-corrected chi connectivity index (χ1v) is 2.73. The Morgan fingerprint density at radius 1 is 1.64 bits per heavy atom. The molecule has 0 aliphatic heterocycles. The van der Waals surface area contributed by atoms with Crippen molar-refractivity contribution in [2.45, 2.75) is 5.79 Å². The monoisotopic (exact) mass is 160 g/mol. The summed E-state index contributed by atoms with van der Waals surface area (Å²) >= 11 is 0. The first kappa shape index (κ1) is 9.81. The van der Waals surface area contributed by atoms with Gasteiger partial charge in [0.05, 0.1) is 0 Å². The van der Waals surface area contributed by atoms with Gasteiger partial charge in [-0.25, -0.2) is 0 Å². The number of nitro groups is 1. The first-order valence-electron chi connectivity index (χ1n) is 2.73. The molecule has 0 radical (unpaired) electrons. The minimum absolute atomic E-state index is 0.670. The molecule has 62 valence electrons. The fourth-order valence-electron chi connectivity index (χ4n) is 0.509. The zero-order valence-electron chi connectivity index (χ0n) is 6.23. The van der Waals surface area contributed by atoms with Gasteiger partial charge in [-0.1, -0.05) is 0 Å². The zero-order chi connectivity index (χ0) is 8.91. The molecule has 0 spiro atoms. The molecular weight excluding hydrogens is 152 g/mol. The highest BCUT2D eigenvalue weighted by atomic mass is 16.7. The molecule has 0 heterocycles. The molecule has 0 unspecified atom stereocenters. The second-order valence-corrected chi connectivity index (χ2v) is 1.76. The first-order chi connectivity index (χ1) is 5.10. The lowest BCUT2D eigenvalue weighted by molar-refractivity contribution is -0.513. The van der Waals surface area contributed by atoms with Crippen LogP contribution in [0.3, 0.4) is 0 Å². The van der Waals surface area contributed by atoms with Crippen molar-refractivity contribution in [1.82, 2.24) is 0 Å². The Morgan fingerprint density at radius 3 is 2.18 bits per heavy atom. The van der Waals surface area contributed by atoms with Gasteiger partial charge < -0.3 is 9.47 Å². The van der Waals surface area contributed by atoms with Gasteiger partial charge in [0.1, 0.15) is 6.07 Å². The van der Waals surface area contributed by atoms with E-state index in [1.54, 1.807) is 6.07 Å². The SMILES string of the molecule is COC(C#N)(C[N+](=O)[O-])OC. The van der Waals surface area contributed by atoms with Crippen LogP contribution in [0.1, 0.15) is 0 Å². The van der Waals surface area contributed by atoms with Crippen molar-refractivity contribution in [3.63, 3.8) is 0 Å². The summed E-state index contributed by atoms with van der Waals surface area (Å²) in [5.74, 6) is -1.75. The summed E-state index contributed by atoms with van der Waals surface area (Å²) in [5.41, 5.74) is 0. The highest BCUT2D eigenvalue weighted by molar-refractivity contribution is 4.93. The Bertz CT molecular complexity index is 181. The van der Waals surface area contributed by atoms with Crippen molar-refractivity contribution < 1.29 is 14.4 Å². The molecule has 6 nitrogen and oxygen atoms in total. The Hall–Kier alpha value is -1.19. The third-order valence-corrected chi connectivity index (χ3v) is 1.17. The molecule has 0 atom stereocenters. The third kappa shape index (κ3) is 2.49. The second-order valence-electron chi connectivity index (χ2n) is 1.76. The molecule has 6 heteroatoms. The lowest BCUT2D eigenvalue weighted by Crippen LogP contribution is -2.39. The van der Waals surface area contributed by atoms with E-state index in [9.17, 15) is 10.1 Å². The molecule has 0 saturated heterocycles. The molecule has 0 fully saturated rings. The Kier molecular flexibility index (Phi) is 3.44. The molecule has 0 rings (SSSR count). The largest absolute Gasteiger partial charge is 0.336 e. The van der Waals surface area contributed by atoms with Crippen LogP contribution in [0.4, 0.5) is 0 Å². The average molecular weight is 160 g/mol. The summed E-state index contributed by atoms with van der Waals surface area (Å²) in [5, 5.41) is 18.4. The normalized spacial score (nSPS) is 10.6. The van der Waals surface area contributed by atoms with Crippen LogP contribution >= 0.6 is 0 Å². The highest BCUT2D eigenvalue weighted by Gasteiger charge is 2.36. The number of hydrogen-bond donors (Lipinski definition) is 0. The van der Waals surface area contributed by atoms with Crippen molar-refractivity contribution in [3.05, 3.63) is 10.1 Å². The minimum Gasteiger partial charge on any atom is -0.336 e. The fourth-order valence-corrected chi connectivity index (χ4v) is 0.509. The van der Waals surface area contributed by atoms with Crippen LogP contribution in [0.25, 0.3) is 0 Å². The van der Waals surface area contributed by atoms with Gasteiger partial charge in [0, 0.05) is 19.1 Å². The molecule has 11 heavy (non-hydrogen) atoms. The summed E-state index contributed by atoms with van der Waals surface area (Å²) < 4.78 is 9.04. The van der Waals surface area contributed by atoms with Crippen LogP contribution in [0.5, 0.6) is 0 Å². The lowest BCUT2D eigenvalue weighted by Gasteiger charge is -2.17. The van der Waals surface area contributed by atoms with Gasteiger partial charge in [-0.15, -0.1) is 0 Å². The Labute approximate surface area is 63.5 Å². The van der Waals surface area contributed by atoms with E-state index in [-0.39, 0.29) is 0 Å². The van der Waals surface area contributed by atoms with Gasteiger partial charge in [-0.3, -0.25) is 10.1 Å². The van der Waals surface area contributed by atoms with E-state index in [0.29, 0.717) is 0 Å². The van der Waals surface area contributed by atoms with Crippen LogP contribution in [0.15, 0.2) is 0 Å². The quantitative estimate of drug-likeness (QED) is 0.322. The van der Waals surface area contributed by atoms with E-state index >= 15 is 0 Å². The molecule has 0 aromatic rings. The number of nitrogens with zero attached hydrogens (tertiary/aromatic N) is 2.